The van der Waals surface area contributed by atoms with E-state index in [-0.39, 0.29) is 10.9 Å². The fourth-order valence-corrected chi connectivity index (χ4v) is 10.6. The Hall–Kier alpha value is -6.62. The summed E-state index contributed by atoms with van der Waals surface area (Å²) in [5.74, 6) is 2.90. The number of fused-ring (bicyclic) bond motifs is 10. The molecule has 0 amide bonds. The van der Waals surface area contributed by atoms with E-state index in [1.807, 2.05) is 97.1 Å². The summed E-state index contributed by atoms with van der Waals surface area (Å²) < 4.78 is 22.7. The molecule has 0 spiro atoms. The average Bonchev–Trinajstić information content (AvgIpc) is 3.71. The van der Waals surface area contributed by atoms with E-state index in [9.17, 15) is 9.59 Å². The molecule has 2 aliphatic heterocycles. The van der Waals surface area contributed by atoms with Crippen molar-refractivity contribution in [3.8, 4) is 23.0 Å². The maximum absolute atomic E-state index is 14.8. The van der Waals surface area contributed by atoms with Gasteiger partial charge in [0.2, 0.25) is 0 Å². The highest BCUT2D eigenvalue weighted by atomic mass is 32.2. The minimum atomic E-state index is -0.123. The third-order valence-electron chi connectivity index (χ3n) is 11.3. The number of rotatable bonds is 6. The molecule has 9 aromatic carbocycles. The fraction of sp³-hybridized carbons (Fsp3) is 0.0833. The van der Waals surface area contributed by atoms with Crippen molar-refractivity contribution in [2.24, 2.45) is 0 Å². The Morgan fingerprint density at radius 1 is 0.379 bits per heavy atom. The van der Waals surface area contributed by atoms with Crippen LogP contribution in [0.15, 0.2) is 150 Å². The molecular weight excluding hydrogens is 765 g/mol. The number of hydrogen-bond acceptors (Lipinski definition) is 10. The van der Waals surface area contributed by atoms with Crippen LogP contribution in [0.5, 0.6) is 23.0 Å². The van der Waals surface area contributed by atoms with Crippen LogP contribution in [0, 0.1) is 0 Å². The summed E-state index contributed by atoms with van der Waals surface area (Å²) in [6.07, 6.45) is 0. The predicted molar refractivity (Wildman–Crippen MR) is 235 cm³/mol. The first-order valence-corrected chi connectivity index (χ1v) is 20.2. The van der Waals surface area contributed by atoms with Crippen molar-refractivity contribution in [2.45, 2.75) is 19.6 Å². The van der Waals surface area contributed by atoms with Gasteiger partial charge in [-0.1, -0.05) is 35.7 Å². The lowest BCUT2D eigenvalue weighted by atomic mass is 10.1. The molecule has 0 saturated heterocycles. The minimum absolute atomic E-state index is 0.100. The van der Waals surface area contributed by atoms with E-state index in [0.29, 0.717) is 33.0 Å². The largest absolute Gasteiger partial charge is 0.497 e. The van der Waals surface area contributed by atoms with Gasteiger partial charge in [-0.25, -0.2) is 0 Å². The Kier molecular flexibility index (Phi) is 7.73. The number of ether oxygens (including phenoxy) is 4. The number of anilines is 6. The van der Waals surface area contributed by atoms with Gasteiger partial charge >= 0.3 is 0 Å². The van der Waals surface area contributed by atoms with E-state index in [4.69, 9.17) is 18.9 Å². The van der Waals surface area contributed by atoms with Crippen LogP contribution < -0.4 is 39.6 Å². The summed E-state index contributed by atoms with van der Waals surface area (Å²) in [6, 6.07) is 40.0. The zero-order chi connectivity index (χ0) is 39.4. The molecule has 0 N–H and O–H groups in total. The van der Waals surface area contributed by atoms with Crippen molar-refractivity contribution in [1.29, 1.82) is 0 Å². The molecule has 0 unspecified atom stereocenters. The molecule has 0 bridgehead atoms. The second kappa shape index (κ2) is 13.0. The Morgan fingerprint density at radius 2 is 0.828 bits per heavy atom. The lowest BCUT2D eigenvalue weighted by Crippen LogP contribution is -2.16. The Morgan fingerprint density at radius 3 is 1.34 bits per heavy atom. The molecule has 10 heteroatoms. The molecule has 0 aromatic heterocycles. The quantitative estimate of drug-likeness (QED) is 0.162. The molecule has 58 heavy (non-hydrogen) atoms. The van der Waals surface area contributed by atoms with Gasteiger partial charge in [-0.05, 0) is 106 Å². The van der Waals surface area contributed by atoms with Crippen molar-refractivity contribution >= 4 is 101 Å². The molecule has 2 aliphatic rings. The minimum Gasteiger partial charge on any atom is -0.497 e. The van der Waals surface area contributed by atoms with Gasteiger partial charge < -0.3 is 28.7 Å². The maximum atomic E-state index is 14.8. The van der Waals surface area contributed by atoms with Gasteiger partial charge in [-0.3, -0.25) is 9.59 Å². The monoisotopic (exact) mass is 796 g/mol. The Bertz CT molecular complexity index is 3210. The van der Waals surface area contributed by atoms with Gasteiger partial charge in [0.25, 0.3) is 0 Å². The van der Waals surface area contributed by atoms with Crippen LogP contribution >= 0.6 is 23.5 Å². The number of methoxy groups -OCH3 is 4. The highest BCUT2D eigenvalue weighted by molar-refractivity contribution is 8.00. The molecule has 8 nitrogen and oxygen atoms in total. The van der Waals surface area contributed by atoms with Gasteiger partial charge in [0.15, 0.2) is 10.9 Å². The molecule has 11 rings (SSSR count). The summed E-state index contributed by atoms with van der Waals surface area (Å²) >= 11 is 3.36. The molecule has 0 atom stereocenters. The lowest BCUT2D eigenvalue weighted by molar-refractivity contribution is 0.414. The second-order valence-corrected chi connectivity index (χ2v) is 16.4. The van der Waals surface area contributed by atoms with E-state index in [1.165, 1.54) is 0 Å². The first kappa shape index (κ1) is 34.6. The Balaban J connectivity index is 1.14. The number of benzene rings is 7. The van der Waals surface area contributed by atoms with E-state index < -0.39 is 0 Å². The summed E-state index contributed by atoms with van der Waals surface area (Å²) in [5, 5.41) is 5.46. The second-order valence-electron chi connectivity index (χ2n) is 14.2. The van der Waals surface area contributed by atoms with Crippen molar-refractivity contribution in [2.75, 3.05) is 38.2 Å². The van der Waals surface area contributed by atoms with E-state index in [1.54, 1.807) is 58.0 Å². The number of hydrogen-bond donors (Lipinski definition) is 0. The molecule has 282 valence electrons. The van der Waals surface area contributed by atoms with E-state index in [0.717, 1.165) is 86.8 Å². The van der Waals surface area contributed by atoms with Gasteiger partial charge in [0, 0.05) is 65.7 Å². The van der Waals surface area contributed by atoms with E-state index >= 15 is 0 Å². The van der Waals surface area contributed by atoms with Crippen molar-refractivity contribution in [3.05, 3.63) is 142 Å². The van der Waals surface area contributed by atoms with Crippen LogP contribution in [-0.2, 0) is 0 Å². The first-order valence-electron chi connectivity index (χ1n) is 18.6. The van der Waals surface area contributed by atoms with Gasteiger partial charge in [0.05, 0.1) is 62.3 Å². The lowest BCUT2D eigenvalue weighted by Gasteiger charge is -2.33. The van der Waals surface area contributed by atoms with Gasteiger partial charge in [0.1, 0.15) is 23.0 Å². The first-order chi connectivity index (χ1) is 28.4. The highest BCUT2D eigenvalue weighted by Crippen LogP contribution is 2.56. The molecular formula is C48H32N2O6S2. The predicted octanol–water partition coefficient (Wildman–Crippen LogP) is 11.8. The third-order valence-corrected chi connectivity index (χ3v) is 13.6. The summed E-state index contributed by atoms with van der Waals surface area (Å²) in [6.45, 7) is 0. The van der Waals surface area contributed by atoms with Crippen molar-refractivity contribution < 1.29 is 18.9 Å². The standard InChI is InChI=1S/C48H32N2O6S2/c1-53-26-9-14-42-38(19-26)49(39-20-27(54-2)10-15-43(39)57-42)25-8-13-31-32(18-25)34-23-33-30-6-5-7-37(46(30)48(52)36(33)24-35(34)47(31)51)50-40-21-28(55-3)11-16-44(40)58-45-17-12-29(56-4)22-41(45)50/h5-24H,1-4H3. The van der Waals surface area contributed by atoms with Crippen LogP contribution in [0.2, 0.25) is 0 Å². The smallest absolute Gasteiger partial charge is 0.196 e. The molecule has 0 radical (unpaired) electrons. The molecule has 9 aromatic rings. The zero-order valence-corrected chi connectivity index (χ0v) is 33.3. The normalized spacial score (nSPS) is 13.1. The van der Waals surface area contributed by atoms with Gasteiger partial charge in [-0.2, -0.15) is 0 Å². The average molecular weight is 797 g/mol. The van der Waals surface area contributed by atoms with Crippen molar-refractivity contribution in [3.63, 3.8) is 0 Å². The maximum Gasteiger partial charge on any atom is 0.196 e. The third kappa shape index (κ3) is 4.98. The molecule has 2 heterocycles. The van der Waals surface area contributed by atoms with Crippen LogP contribution in [0.3, 0.4) is 0 Å². The summed E-state index contributed by atoms with van der Waals surface area (Å²) in [7, 11) is 6.63. The van der Waals surface area contributed by atoms with Crippen LogP contribution in [0.4, 0.5) is 34.1 Å². The number of nitrogens with zero attached hydrogens (tertiary/aromatic N) is 2. The van der Waals surface area contributed by atoms with Gasteiger partial charge in [-0.15, -0.1) is 0 Å². The van der Waals surface area contributed by atoms with Crippen LogP contribution in [-0.4, -0.2) is 28.4 Å². The summed E-state index contributed by atoms with van der Waals surface area (Å²) in [5.41, 5.74) is 5.12. The SMILES string of the molecule is COc1ccc2c(c1)N(c1ccc3c(=O)c4cc5c(=O)c6c(N7c8cc(OC)ccc8Sc8ccc(OC)cc87)cccc6c5cc4c3c1)c1cc(OC)ccc1S2. The zero-order valence-electron chi connectivity index (χ0n) is 31.7. The molecule has 0 saturated carbocycles. The van der Waals surface area contributed by atoms with Crippen LogP contribution in [0.25, 0.3) is 43.1 Å². The Labute approximate surface area is 340 Å². The summed E-state index contributed by atoms with van der Waals surface area (Å²) in [4.78, 5) is 37.6. The van der Waals surface area contributed by atoms with E-state index in [2.05, 4.69) is 28.0 Å². The fourth-order valence-electron chi connectivity index (χ4n) is 8.56. The highest BCUT2D eigenvalue weighted by Gasteiger charge is 2.30. The van der Waals surface area contributed by atoms with Crippen LogP contribution in [0.1, 0.15) is 0 Å². The topological polar surface area (TPSA) is 77.5 Å². The molecule has 0 aliphatic carbocycles. The van der Waals surface area contributed by atoms with Crippen molar-refractivity contribution in [1.82, 2.24) is 0 Å². The molecule has 0 fully saturated rings.